The number of nitriles is 1. The first-order valence-electron chi connectivity index (χ1n) is 5.37. The van der Waals surface area contributed by atoms with E-state index in [1.165, 1.54) is 17.8 Å². The summed E-state index contributed by atoms with van der Waals surface area (Å²) in [4.78, 5) is 19.0. The van der Waals surface area contributed by atoms with Gasteiger partial charge < -0.3 is 5.11 Å². The molecule has 0 aliphatic carbocycles. The highest BCUT2D eigenvalue weighted by molar-refractivity contribution is 7.98. The minimum atomic E-state index is -0.997. The molecule has 6 heteroatoms. The molecule has 1 N–H and O–H groups in total. The van der Waals surface area contributed by atoms with E-state index in [0.29, 0.717) is 16.5 Å². The predicted molar refractivity (Wildman–Crippen MR) is 69.7 cm³/mol. The number of aromatic nitrogens is 2. The molecule has 0 aromatic carbocycles. The Morgan fingerprint density at radius 1 is 1.37 bits per heavy atom. The average Bonchev–Trinajstić information content (AvgIpc) is 2.45. The molecule has 2 aromatic rings. The van der Waals surface area contributed by atoms with Crippen molar-refractivity contribution < 1.29 is 9.90 Å². The van der Waals surface area contributed by atoms with Crippen molar-refractivity contribution in [2.24, 2.45) is 0 Å². The standard InChI is InChI=1S/C13H9N3O2S/c14-7-10-6-9(3-5-15-10)8-19-12-11(13(17)18)2-1-4-16-12/h1-6H,8H2,(H,17,18). The first kappa shape index (κ1) is 13.1. The van der Waals surface area contributed by atoms with Crippen LogP contribution in [0.2, 0.25) is 0 Å². The van der Waals surface area contributed by atoms with Gasteiger partial charge >= 0.3 is 5.97 Å². The summed E-state index contributed by atoms with van der Waals surface area (Å²) < 4.78 is 0. The molecule has 2 aromatic heterocycles. The first-order chi connectivity index (χ1) is 9.20. The summed E-state index contributed by atoms with van der Waals surface area (Å²) in [6.07, 6.45) is 3.12. The summed E-state index contributed by atoms with van der Waals surface area (Å²) in [6, 6.07) is 8.54. The fraction of sp³-hybridized carbons (Fsp3) is 0.0769. The Kier molecular flexibility index (Phi) is 4.11. The van der Waals surface area contributed by atoms with Crippen molar-refractivity contribution in [3.05, 3.63) is 53.5 Å². The average molecular weight is 271 g/mol. The number of hydrogen-bond acceptors (Lipinski definition) is 5. The second-order valence-corrected chi connectivity index (χ2v) is 4.58. The Morgan fingerprint density at radius 2 is 2.21 bits per heavy atom. The topological polar surface area (TPSA) is 86.9 Å². The fourth-order valence-electron chi connectivity index (χ4n) is 1.45. The number of carboxylic acids is 1. The van der Waals surface area contributed by atoms with Gasteiger partial charge in [0.2, 0.25) is 0 Å². The second kappa shape index (κ2) is 5.98. The van der Waals surface area contributed by atoms with Crippen LogP contribution in [0.3, 0.4) is 0 Å². The van der Waals surface area contributed by atoms with E-state index in [1.807, 2.05) is 6.07 Å². The maximum absolute atomic E-state index is 11.0. The molecule has 0 radical (unpaired) electrons. The fourth-order valence-corrected chi connectivity index (χ4v) is 2.37. The highest BCUT2D eigenvalue weighted by atomic mass is 32.2. The molecule has 0 atom stereocenters. The molecule has 0 aliphatic heterocycles. The van der Waals surface area contributed by atoms with Crippen LogP contribution in [0.1, 0.15) is 21.6 Å². The summed E-state index contributed by atoms with van der Waals surface area (Å²) in [5, 5.41) is 18.3. The zero-order valence-electron chi connectivity index (χ0n) is 9.78. The Balaban J connectivity index is 2.15. The lowest BCUT2D eigenvalue weighted by molar-refractivity contribution is 0.0692. The van der Waals surface area contributed by atoms with Gasteiger partial charge in [-0.25, -0.2) is 14.8 Å². The van der Waals surface area contributed by atoms with Gasteiger partial charge in [0.05, 0.1) is 5.56 Å². The number of nitrogens with zero attached hydrogens (tertiary/aromatic N) is 3. The Bertz CT molecular complexity index is 652. The number of aromatic carboxylic acids is 1. The molecule has 2 heterocycles. The molecular formula is C13H9N3O2S. The van der Waals surface area contributed by atoms with Crippen LogP contribution in [0.15, 0.2) is 41.7 Å². The zero-order chi connectivity index (χ0) is 13.7. The SMILES string of the molecule is N#Cc1cc(CSc2ncccc2C(=O)O)ccn1. The first-order valence-corrected chi connectivity index (χ1v) is 6.35. The van der Waals surface area contributed by atoms with Crippen molar-refractivity contribution in [1.82, 2.24) is 9.97 Å². The van der Waals surface area contributed by atoms with Gasteiger partial charge in [-0.3, -0.25) is 0 Å². The predicted octanol–water partition coefficient (Wildman–Crippen LogP) is 2.34. The van der Waals surface area contributed by atoms with E-state index < -0.39 is 5.97 Å². The van der Waals surface area contributed by atoms with E-state index in [-0.39, 0.29) is 5.56 Å². The van der Waals surface area contributed by atoms with Crippen LogP contribution >= 0.6 is 11.8 Å². The normalized spacial score (nSPS) is 9.84. The van der Waals surface area contributed by atoms with Crippen molar-refractivity contribution in [2.45, 2.75) is 10.8 Å². The summed E-state index contributed by atoms with van der Waals surface area (Å²) in [7, 11) is 0. The van der Waals surface area contributed by atoms with Crippen LogP contribution in [0.4, 0.5) is 0 Å². The van der Waals surface area contributed by atoms with Crippen molar-refractivity contribution in [3.63, 3.8) is 0 Å². The molecule has 0 unspecified atom stereocenters. The van der Waals surface area contributed by atoms with Gasteiger partial charge in [-0.05, 0) is 29.8 Å². The van der Waals surface area contributed by atoms with Crippen LogP contribution in [0, 0.1) is 11.3 Å². The van der Waals surface area contributed by atoms with Crippen LogP contribution in [-0.4, -0.2) is 21.0 Å². The van der Waals surface area contributed by atoms with Gasteiger partial charge in [0.25, 0.3) is 0 Å². The molecule has 0 fully saturated rings. The van der Waals surface area contributed by atoms with Gasteiger partial charge in [0, 0.05) is 18.1 Å². The van der Waals surface area contributed by atoms with Crippen molar-refractivity contribution in [1.29, 1.82) is 5.26 Å². The number of carbonyl (C=O) groups is 1. The van der Waals surface area contributed by atoms with E-state index in [9.17, 15) is 4.79 Å². The van der Waals surface area contributed by atoms with Crippen LogP contribution in [-0.2, 0) is 5.75 Å². The quantitative estimate of drug-likeness (QED) is 0.859. The van der Waals surface area contributed by atoms with Crippen LogP contribution < -0.4 is 0 Å². The van der Waals surface area contributed by atoms with Crippen molar-refractivity contribution in [3.8, 4) is 6.07 Å². The van der Waals surface area contributed by atoms with Gasteiger partial charge in [-0.1, -0.05) is 0 Å². The molecule has 19 heavy (non-hydrogen) atoms. The number of rotatable bonds is 4. The van der Waals surface area contributed by atoms with Crippen molar-refractivity contribution >= 4 is 17.7 Å². The number of pyridine rings is 2. The minimum Gasteiger partial charge on any atom is -0.478 e. The molecule has 0 saturated carbocycles. The van der Waals surface area contributed by atoms with Gasteiger partial charge in [-0.2, -0.15) is 5.26 Å². The maximum Gasteiger partial charge on any atom is 0.338 e. The molecule has 0 amide bonds. The van der Waals surface area contributed by atoms with E-state index in [2.05, 4.69) is 9.97 Å². The van der Waals surface area contributed by atoms with Crippen LogP contribution in [0.5, 0.6) is 0 Å². The largest absolute Gasteiger partial charge is 0.478 e. The van der Waals surface area contributed by atoms with E-state index in [0.717, 1.165) is 5.56 Å². The Labute approximate surface area is 113 Å². The third-order valence-corrected chi connectivity index (χ3v) is 3.39. The van der Waals surface area contributed by atoms with E-state index >= 15 is 0 Å². The smallest absolute Gasteiger partial charge is 0.338 e. The highest BCUT2D eigenvalue weighted by Crippen LogP contribution is 2.24. The lowest BCUT2D eigenvalue weighted by Gasteiger charge is -2.04. The Hall–Kier alpha value is -2.39. The molecule has 94 valence electrons. The Morgan fingerprint density at radius 3 is 2.95 bits per heavy atom. The number of thioether (sulfide) groups is 1. The highest BCUT2D eigenvalue weighted by Gasteiger charge is 2.11. The zero-order valence-corrected chi connectivity index (χ0v) is 10.6. The summed E-state index contributed by atoms with van der Waals surface area (Å²) >= 11 is 1.32. The molecule has 5 nitrogen and oxygen atoms in total. The summed E-state index contributed by atoms with van der Waals surface area (Å²) in [6.45, 7) is 0. The lowest BCUT2D eigenvalue weighted by Crippen LogP contribution is -2.00. The molecule has 0 aliphatic rings. The lowest BCUT2D eigenvalue weighted by atomic mass is 10.2. The minimum absolute atomic E-state index is 0.182. The third kappa shape index (κ3) is 3.30. The summed E-state index contributed by atoms with van der Waals surface area (Å²) in [5.74, 6) is -0.461. The number of hydrogen-bond donors (Lipinski definition) is 1. The van der Waals surface area contributed by atoms with E-state index in [4.69, 9.17) is 10.4 Å². The molecule has 0 saturated heterocycles. The molecular weight excluding hydrogens is 262 g/mol. The van der Waals surface area contributed by atoms with Gasteiger partial charge in [-0.15, -0.1) is 11.8 Å². The molecule has 0 bridgehead atoms. The van der Waals surface area contributed by atoms with Gasteiger partial charge in [0.15, 0.2) is 0 Å². The molecule has 2 rings (SSSR count). The maximum atomic E-state index is 11.0. The monoisotopic (exact) mass is 271 g/mol. The van der Waals surface area contributed by atoms with Crippen molar-refractivity contribution in [2.75, 3.05) is 0 Å². The molecule has 0 spiro atoms. The summed E-state index contributed by atoms with van der Waals surface area (Å²) in [5.41, 5.74) is 1.43. The second-order valence-electron chi connectivity index (χ2n) is 3.61. The van der Waals surface area contributed by atoms with E-state index in [1.54, 1.807) is 30.6 Å². The third-order valence-electron chi connectivity index (χ3n) is 2.32. The number of carboxylic acid groups (broad SMARTS) is 1. The van der Waals surface area contributed by atoms with Crippen LogP contribution in [0.25, 0.3) is 0 Å². The van der Waals surface area contributed by atoms with Gasteiger partial charge in [0.1, 0.15) is 16.8 Å².